The second-order valence-electron chi connectivity index (χ2n) is 5.73. The van der Waals surface area contributed by atoms with Gasteiger partial charge in [0.1, 0.15) is 11.3 Å². The van der Waals surface area contributed by atoms with Gasteiger partial charge in [-0.1, -0.05) is 29.8 Å². The predicted octanol–water partition coefficient (Wildman–Crippen LogP) is 2.95. The van der Waals surface area contributed by atoms with Crippen molar-refractivity contribution in [3.05, 3.63) is 47.7 Å². The maximum atomic E-state index is 12.1. The van der Waals surface area contributed by atoms with Crippen LogP contribution in [0.4, 0.5) is 5.69 Å². The highest BCUT2D eigenvalue weighted by Crippen LogP contribution is 2.36. The molecule has 128 valence electrons. The number of methoxy groups -OCH3 is 1. The van der Waals surface area contributed by atoms with Gasteiger partial charge < -0.3 is 15.8 Å². The Morgan fingerprint density at radius 1 is 1.20 bits per heavy atom. The summed E-state index contributed by atoms with van der Waals surface area (Å²) < 4.78 is 5.48. The van der Waals surface area contributed by atoms with Crippen LogP contribution in [0.25, 0.3) is 22.0 Å². The molecule has 0 saturated heterocycles. The molecule has 0 aliphatic carbocycles. The quantitative estimate of drug-likeness (QED) is 0.764. The summed E-state index contributed by atoms with van der Waals surface area (Å²) in [7, 11) is 1.63. The van der Waals surface area contributed by atoms with Gasteiger partial charge in [0.2, 0.25) is 0 Å². The number of carbonyl (C=O) groups excluding carboxylic acids is 1. The number of hydrogen-bond acceptors (Lipinski definition) is 5. The third-order valence-corrected chi connectivity index (χ3v) is 4.03. The van der Waals surface area contributed by atoms with Gasteiger partial charge in [-0.2, -0.15) is 0 Å². The zero-order valence-electron chi connectivity index (χ0n) is 14.5. The number of anilines is 1. The van der Waals surface area contributed by atoms with Gasteiger partial charge in [0, 0.05) is 23.1 Å². The van der Waals surface area contributed by atoms with Crippen LogP contribution in [0, 0.1) is 6.92 Å². The molecular formula is C19H20N4O2. The van der Waals surface area contributed by atoms with E-state index >= 15 is 0 Å². The molecule has 0 bridgehead atoms. The van der Waals surface area contributed by atoms with Crippen molar-refractivity contribution in [1.29, 1.82) is 0 Å². The number of amides is 1. The van der Waals surface area contributed by atoms with Crippen LogP contribution in [0.3, 0.4) is 0 Å². The number of aromatic nitrogens is 2. The average molecular weight is 336 g/mol. The molecule has 0 fully saturated rings. The molecular weight excluding hydrogens is 316 g/mol. The molecule has 0 spiro atoms. The van der Waals surface area contributed by atoms with Gasteiger partial charge in [-0.15, -0.1) is 10.2 Å². The summed E-state index contributed by atoms with van der Waals surface area (Å²) in [5, 5.41) is 11.7. The summed E-state index contributed by atoms with van der Waals surface area (Å²) in [6.07, 6.45) is 0. The van der Waals surface area contributed by atoms with Crippen molar-refractivity contribution >= 4 is 22.5 Å². The minimum absolute atomic E-state index is 0.141. The van der Waals surface area contributed by atoms with Gasteiger partial charge in [0.15, 0.2) is 5.69 Å². The summed E-state index contributed by atoms with van der Waals surface area (Å²) in [4.78, 5) is 12.1. The lowest BCUT2D eigenvalue weighted by Gasteiger charge is -2.13. The minimum atomic E-state index is -0.326. The maximum absolute atomic E-state index is 12.1. The Hall–Kier alpha value is -3.15. The van der Waals surface area contributed by atoms with Gasteiger partial charge in [-0.25, -0.2) is 0 Å². The summed E-state index contributed by atoms with van der Waals surface area (Å²) >= 11 is 0. The highest BCUT2D eigenvalue weighted by molar-refractivity contribution is 6.07. The van der Waals surface area contributed by atoms with E-state index in [-0.39, 0.29) is 11.6 Å². The van der Waals surface area contributed by atoms with Crippen LogP contribution in [-0.2, 0) is 0 Å². The Morgan fingerprint density at radius 2 is 2.00 bits per heavy atom. The topological polar surface area (TPSA) is 90.1 Å². The molecule has 0 saturated carbocycles. The predicted molar refractivity (Wildman–Crippen MR) is 98.7 cm³/mol. The SMILES string of the molecule is CCNC(=O)c1nnc2c(-c3cc(C)ccc3OC)cccc2c1N. The zero-order valence-corrected chi connectivity index (χ0v) is 14.5. The first-order valence-corrected chi connectivity index (χ1v) is 8.05. The summed E-state index contributed by atoms with van der Waals surface area (Å²) in [6.45, 7) is 4.35. The molecule has 1 heterocycles. The second-order valence-corrected chi connectivity index (χ2v) is 5.73. The number of nitrogens with one attached hydrogen (secondary N) is 1. The van der Waals surface area contributed by atoms with Gasteiger partial charge in [0.05, 0.1) is 12.8 Å². The van der Waals surface area contributed by atoms with Crippen LogP contribution >= 0.6 is 0 Å². The molecule has 3 aromatic rings. The number of nitrogen functional groups attached to an aromatic ring is 1. The van der Waals surface area contributed by atoms with E-state index in [4.69, 9.17) is 10.5 Å². The van der Waals surface area contributed by atoms with Crippen molar-refractivity contribution in [2.45, 2.75) is 13.8 Å². The number of fused-ring (bicyclic) bond motifs is 1. The van der Waals surface area contributed by atoms with Gasteiger partial charge in [0.25, 0.3) is 5.91 Å². The third-order valence-electron chi connectivity index (χ3n) is 4.03. The molecule has 6 heteroatoms. The van der Waals surface area contributed by atoms with Crippen LogP contribution in [0.2, 0.25) is 0 Å². The highest BCUT2D eigenvalue weighted by Gasteiger charge is 2.18. The van der Waals surface area contributed by atoms with E-state index in [1.165, 1.54) is 0 Å². The van der Waals surface area contributed by atoms with Crippen LogP contribution in [0.5, 0.6) is 5.75 Å². The first-order chi connectivity index (χ1) is 12.1. The number of benzene rings is 2. The van der Waals surface area contributed by atoms with E-state index in [0.717, 1.165) is 22.4 Å². The zero-order chi connectivity index (χ0) is 18.0. The lowest BCUT2D eigenvalue weighted by Crippen LogP contribution is -2.25. The van der Waals surface area contributed by atoms with E-state index in [0.29, 0.717) is 23.1 Å². The number of rotatable bonds is 4. The van der Waals surface area contributed by atoms with E-state index in [1.807, 2.05) is 50.2 Å². The van der Waals surface area contributed by atoms with Crippen LogP contribution < -0.4 is 15.8 Å². The summed E-state index contributed by atoms with van der Waals surface area (Å²) in [5.74, 6) is 0.416. The highest BCUT2D eigenvalue weighted by atomic mass is 16.5. The van der Waals surface area contributed by atoms with E-state index in [9.17, 15) is 4.79 Å². The lowest BCUT2D eigenvalue weighted by molar-refractivity contribution is 0.0951. The van der Waals surface area contributed by atoms with Gasteiger partial charge in [-0.05, 0) is 26.0 Å². The fourth-order valence-electron chi connectivity index (χ4n) is 2.81. The van der Waals surface area contributed by atoms with Crippen molar-refractivity contribution in [3.63, 3.8) is 0 Å². The number of aryl methyl sites for hydroxylation is 1. The fourth-order valence-corrected chi connectivity index (χ4v) is 2.81. The Bertz CT molecular complexity index is 954. The third kappa shape index (κ3) is 2.98. The van der Waals surface area contributed by atoms with Crippen molar-refractivity contribution in [3.8, 4) is 16.9 Å². The number of ether oxygens (including phenoxy) is 1. The van der Waals surface area contributed by atoms with E-state index < -0.39 is 0 Å². The second kappa shape index (κ2) is 6.76. The largest absolute Gasteiger partial charge is 0.496 e. The molecule has 0 atom stereocenters. The first-order valence-electron chi connectivity index (χ1n) is 8.05. The van der Waals surface area contributed by atoms with Crippen molar-refractivity contribution in [2.24, 2.45) is 0 Å². The van der Waals surface area contributed by atoms with Gasteiger partial charge in [-0.3, -0.25) is 4.79 Å². The first kappa shape index (κ1) is 16.7. The Morgan fingerprint density at radius 3 is 2.72 bits per heavy atom. The van der Waals surface area contributed by atoms with Gasteiger partial charge >= 0.3 is 0 Å². The molecule has 3 N–H and O–H groups in total. The van der Waals surface area contributed by atoms with Crippen molar-refractivity contribution in [2.75, 3.05) is 19.4 Å². The molecule has 2 aromatic carbocycles. The van der Waals surface area contributed by atoms with Crippen molar-refractivity contribution < 1.29 is 9.53 Å². The van der Waals surface area contributed by atoms with Crippen LogP contribution in [0.1, 0.15) is 23.0 Å². The smallest absolute Gasteiger partial charge is 0.273 e. The lowest BCUT2D eigenvalue weighted by atomic mass is 9.99. The van der Waals surface area contributed by atoms with Crippen LogP contribution in [-0.4, -0.2) is 29.8 Å². The molecule has 0 radical (unpaired) electrons. The molecule has 6 nitrogen and oxygen atoms in total. The van der Waals surface area contributed by atoms with Crippen molar-refractivity contribution in [1.82, 2.24) is 15.5 Å². The summed E-state index contributed by atoms with van der Waals surface area (Å²) in [5.41, 5.74) is 10.2. The average Bonchev–Trinajstić information content (AvgIpc) is 2.62. The Kier molecular flexibility index (Phi) is 4.52. The molecule has 3 rings (SSSR count). The molecule has 1 amide bonds. The monoisotopic (exact) mass is 336 g/mol. The number of carbonyl (C=O) groups is 1. The standard InChI is InChI=1S/C19H20N4O2/c1-4-21-19(24)18-16(20)13-7-5-6-12(17(13)22-23-18)14-10-11(2)8-9-15(14)25-3/h5-10H,4H2,1-3H3,(H2,20,22)(H,21,24). The fraction of sp³-hybridized carbons (Fsp3) is 0.211. The number of nitrogens with zero attached hydrogens (tertiary/aromatic N) is 2. The Labute approximate surface area is 146 Å². The molecule has 25 heavy (non-hydrogen) atoms. The number of hydrogen-bond donors (Lipinski definition) is 2. The van der Waals surface area contributed by atoms with Crippen LogP contribution in [0.15, 0.2) is 36.4 Å². The number of nitrogens with two attached hydrogens (primary N) is 1. The summed E-state index contributed by atoms with van der Waals surface area (Å²) in [6, 6.07) is 11.6. The minimum Gasteiger partial charge on any atom is -0.496 e. The maximum Gasteiger partial charge on any atom is 0.273 e. The molecule has 0 unspecified atom stereocenters. The van der Waals surface area contributed by atoms with E-state index in [2.05, 4.69) is 15.5 Å². The molecule has 0 aliphatic heterocycles. The normalized spacial score (nSPS) is 10.7. The molecule has 1 aromatic heterocycles. The molecule has 0 aliphatic rings. The van der Waals surface area contributed by atoms with E-state index in [1.54, 1.807) is 7.11 Å². The Balaban J connectivity index is 2.24.